The van der Waals surface area contributed by atoms with Crippen LogP contribution in [0.2, 0.25) is 0 Å². The summed E-state index contributed by atoms with van der Waals surface area (Å²) in [4.78, 5) is 0. The van der Waals surface area contributed by atoms with Crippen molar-refractivity contribution in [2.24, 2.45) is 0 Å². The second kappa shape index (κ2) is 10.8. The van der Waals surface area contributed by atoms with Crippen LogP contribution in [0.25, 0.3) is 0 Å². The summed E-state index contributed by atoms with van der Waals surface area (Å²) >= 11 is 0. The van der Waals surface area contributed by atoms with Crippen molar-refractivity contribution in [2.45, 2.75) is 85.1 Å². The Balaban J connectivity index is 4.80. The summed E-state index contributed by atoms with van der Waals surface area (Å²) < 4.78 is 57.3. The Morgan fingerprint density at radius 3 is 2.29 bits per heavy atom. The molecular formula is C15H30O2. The van der Waals surface area contributed by atoms with Crippen LogP contribution in [0.5, 0.6) is 0 Å². The van der Waals surface area contributed by atoms with Crippen molar-refractivity contribution in [3.8, 4) is 0 Å². The van der Waals surface area contributed by atoms with E-state index in [1.807, 2.05) is 27.7 Å². The highest BCUT2D eigenvalue weighted by atomic mass is 16.7. The van der Waals surface area contributed by atoms with Gasteiger partial charge in [0, 0.05) is 14.6 Å². The highest BCUT2D eigenvalue weighted by Gasteiger charge is 2.11. The normalized spacial score (nSPS) is 21.1. The van der Waals surface area contributed by atoms with Crippen LogP contribution >= 0.6 is 0 Å². The van der Waals surface area contributed by atoms with Gasteiger partial charge in [0.15, 0.2) is 6.29 Å². The molecule has 0 aromatic heterocycles. The summed E-state index contributed by atoms with van der Waals surface area (Å²) in [5, 5.41) is 0. The number of hydrogen-bond acceptors (Lipinski definition) is 2. The third kappa shape index (κ3) is 11.9. The standard InChI is InChI=1S/C15H30O2/c1-6-7-8-9-10-11-12-15(16-13(2)3)17-14(4)5/h10-11,13-15H,6-9,12H2,1-5H3/b11-10-/i1D,6D,8D2,9D2. The minimum Gasteiger partial charge on any atom is -0.350 e. The Bertz CT molecular complexity index is 348. The fourth-order valence-electron chi connectivity index (χ4n) is 1.18. The predicted octanol–water partition coefficient (Wildman–Crippen LogP) is 4.69. The predicted molar refractivity (Wildman–Crippen MR) is 74.1 cm³/mol. The topological polar surface area (TPSA) is 18.5 Å². The SMILES string of the molecule is [2H]CC([2H])CC([2H])([2H])C([2H])([2H])/C=C\CC(OC(C)C)OC(C)C. The molecule has 0 bridgehead atoms. The summed E-state index contributed by atoms with van der Waals surface area (Å²) in [5.74, 6) is 0. The third-order valence-electron chi connectivity index (χ3n) is 1.73. The Kier molecular flexibility index (Phi) is 5.53. The van der Waals surface area contributed by atoms with Crippen LogP contribution in [0, 0.1) is 0 Å². The van der Waals surface area contributed by atoms with Crippen molar-refractivity contribution >= 4 is 0 Å². The number of allylic oxidation sites excluding steroid dienone is 1. The van der Waals surface area contributed by atoms with E-state index in [-0.39, 0.29) is 25.5 Å². The summed E-state index contributed by atoms with van der Waals surface area (Å²) in [6.45, 7) is 7.29. The maximum Gasteiger partial charge on any atom is 0.161 e. The van der Waals surface area contributed by atoms with Crippen LogP contribution in [-0.4, -0.2) is 18.5 Å². The van der Waals surface area contributed by atoms with E-state index in [2.05, 4.69) is 0 Å². The Labute approximate surface area is 116 Å². The lowest BCUT2D eigenvalue weighted by Crippen LogP contribution is -2.23. The molecule has 0 rings (SSSR count). The van der Waals surface area contributed by atoms with Crippen LogP contribution < -0.4 is 0 Å². The summed E-state index contributed by atoms with van der Waals surface area (Å²) in [6.07, 6.45) is -3.24. The Morgan fingerprint density at radius 2 is 1.76 bits per heavy atom. The van der Waals surface area contributed by atoms with Crippen LogP contribution in [0.15, 0.2) is 12.2 Å². The van der Waals surface area contributed by atoms with Gasteiger partial charge < -0.3 is 9.47 Å². The molecule has 0 fully saturated rings. The van der Waals surface area contributed by atoms with Crippen molar-refractivity contribution in [3.05, 3.63) is 12.2 Å². The summed E-state index contributed by atoms with van der Waals surface area (Å²) in [5.41, 5.74) is 0. The minimum absolute atomic E-state index is 0.0310. The van der Waals surface area contributed by atoms with Crippen LogP contribution in [0.3, 0.4) is 0 Å². The van der Waals surface area contributed by atoms with Crippen molar-refractivity contribution in [2.75, 3.05) is 0 Å². The monoisotopic (exact) mass is 248 g/mol. The third-order valence-corrected chi connectivity index (χ3v) is 1.73. The molecule has 0 amide bonds. The lowest BCUT2D eigenvalue weighted by atomic mass is 10.2. The summed E-state index contributed by atoms with van der Waals surface area (Å²) in [6, 6.07) is 0. The molecule has 0 spiro atoms. The van der Waals surface area contributed by atoms with Gasteiger partial charge in [0.25, 0.3) is 0 Å². The van der Waals surface area contributed by atoms with Gasteiger partial charge in [-0.05, 0) is 40.4 Å². The Morgan fingerprint density at radius 1 is 1.12 bits per heavy atom. The van der Waals surface area contributed by atoms with E-state index in [0.717, 1.165) is 0 Å². The molecule has 2 heteroatoms. The van der Waals surface area contributed by atoms with Gasteiger partial charge in [-0.15, -0.1) is 0 Å². The smallest absolute Gasteiger partial charge is 0.161 e. The molecule has 1 atom stereocenters. The molecule has 17 heavy (non-hydrogen) atoms. The maximum atomic E-state index is 7.90. The molecule has 0 aromatic rings. The van der Waals surface area contributed by atoms with Gasteiger partial charge >= 0.3 is 0 Å². The molecular weight excluding hydrogens is 212 g/mol. The van der Waals surface area contributed by atoms with Crippen LogP contribution in [-0.2, 0) is 9.47 Å². The summed E-state index contributed by atoms with van der Waals surface area (Å²) in [7, 11) is 0. The van der Waals surface area contributed by atoms with Gasteiger partial charge in [0.1, 0.15) is 0 Å². The van der Waals surface area contributed by atoms with E-state index >= 15 is 0 Å². The van der Waals surface area contributed by atoms with Gasteiger partial charge in [-0.25, -0.2) is 0 Å². The first kappa shape index (κ1) is 8.71. The van der Waals surface area contributed by atoms with Gasteiger partial charge in [0.05, 0.1) is 12.2 Å². The lowest BCUT2D eigenvalue weighted by Gasteiger charge is -2.21. The zero-order chi connectivity index (χ0) is 18.3. The second-order valence-electron chi connectivity index (χ2n) is 4.25. The largest absolute Gasteiger partial charge is 0.350 e. The molecule has 0 aliphatic carbocycles. The molecule has 102 valence electrons. The quantitative estimate of drug-likeness (QED) is 0.412. The van der Waals surface area contributed by atoms with Crippen molar-refractivity contribution in [3.63, 3.8) is 0 Å². The molecule has 0 saturated heterocycles. The number of ether oxygens (including phenoxy) is 2. The zero-order valence-electron chi connectivity index (χ0n) is 17.4. The highest BCUT2D eigenvalue weighted by Crippen LogP contribution is 2.09. The van der Waals surface area contributed by atoms with Gasteiger partial charge in [-0.3, -0.25) is 0 Å². The molecule has 0 aliphatic rings. The first-order chi connectivity index (χ1) is 10.4. The molecule has 0 N–H and O–H groups in total. The van der Waals surface area contributed by atoms with E-state index in [1.54, 1.807) is 0 Å². The van der Waals surface area contributed by atoms with Crippen molar-refractivity contribution in [1.29, 1.82) is 0 Å². The molecule has 0 saturated carbocycles. The molecule has 0 aromatic carbocycles. The average Bonchev–Trinajstić information content (AvgIpc) is 2.35. The Hall–Kier alpha value is -0.340. The minimum atomic E-state index is -2.22. The van der Waals surface area contributed by atoms with Gasteiger partial charge in [-0.1, -0.05) is 31.9 Å². The maximum absolute atomic E-state index is 7.90. The van der Waals surface area contributed by atoms with E-state index in [9.17, 15) is 0 Å². The number of hydrogen-bond donors (Lipinski definition) is 0. The first-order valence-corrected chi connectivity index (χ1v) is 6.11. The van der Waals surface area contributed by atoms with Gasteiger partial charge in [0.2, 0.25) is 0 Å². The molecule has 0 radical (unpaired) electrons. The first-order valence-electron chi connectivity index (χ1n) is 9.40. The fourth-order valence-corrected chi connectivity index (χ4v) is 1.18. The molecule has 2 nitrogen and oxygen atoms in total. The molecule has 0 aliphatic heterocycles. The van der Waals surface area contributed by atoms with E-state index in [0.29, 0.717) is 6.42 Å². The van der Waals surface area contributed by atoms with Crippen molar-refractivity contribution < 1.29 is 17.7 Å². The van der Waals surface area contributed by atoms with E-state index in [4.69, 9.17) is 17.7 Å². The van der Waals surface area contributed by atoms with Crippen LogP contribution in [0.1, 0.15) is 74.8 Å². The van der Waals surface area contributed by atoms with Crippen LogP contribution in [0.4, 0.5) is 0 Å². The number of rotatable bonds is 10. The van der Waals surface area contributed by atoms with E-state index in [1.165, 1.54) is 12.2 Å². The zero-order valence-corrected chi connectivity index (χ0v) is 11.4. The lowest BCUT2D eigenvalue weighted by molar-refractivity contribution is -0.178. The molecule has 0 heterocycles. The van der Waals surface area contributed by atoms with Crippen molar-refractivity contribution in [1.82, 2.24) is 0 Å². The molecule has 1 unspecified atom stereocenters. The van der Waals surface area contributed by atoms with Gasteiger partial charge in [-0.2, -0.15) is 0 Å². The average molecular weight is 248 g/mol. The van der Waals surface area contributed by atoms with E-state index < -0.39 is 25.4 Å². The fraction of sp³-hybridized carbons (Fsp3) is 0.867. The second-order valence-corrected chi connectivity index (χ2v) is 4.25. The highest BCUT2D eigenvalue weighted by molar-refractivity contribution is 4.82.